The van der Waals surface area contributed by atoms with Crippen molar-refractivity contribution in [3.63, 3.8) is 0 Å². The molecule has 1 aromatic heterocycles. The molecule has 22 heavy (non-hydrogen) atoms. The van der Waals surface area contributed by atoms with Crippen molar-refractivity contribution in [1.29, 1.82) is 0 Å². The summed E-state index contributed by atoms with van der Waals surface area (Å²) in [5.74, 6) is 2.14. The van der Waals surface area contributed by atoms with Crippen LogP contribution in [0.3, 0.4) is 0 Å². The summed E-state index contributed by atoms with van der Waals surface area (Å²) >= 11 is 3.46. The largest absolute Gasteiger partial charge is 0.338 e. The number of aromatic nitrogens is 2. The Bertz CT molecular complexity index is 608. The van der Waals surface area contributed by atoms with Crippen molar-refractivity contribution in [2.24, 2.45) is 5.92 Å². The molecule has 1 aliphatic rings. The summed E-state index contributed by atoms with van der Waals surface area (Å²) < 4.78 is 6.42. The van der Waals surface area contributed by atoms with Crippen molar-refractivity contribution in [2.75, 3.05) is 26.7 Å². The van der Waals surface area contributed by atoms with Gasteiger partial charge >= 0.3 is 0 Å². The second-order valence-electron chi connectivity index (χ2n) is 5.80. The Balaban J connectivity index is 1.58. The number of benzene rings is 1. The quantitative estimate of drug-likeness (QED) is 0.883. The first kappa shape index (κ1) is 15.6. The molecular formula is C16H21BrN4O. The predicted molar refractivity (Wildman–Crippen MR) is 89.4 cm³/mol. The van der Waals surface area contributed by atoms with Crippen molar-refractivity contribution in [3.05, 3.63) is 34.6 Å². The fourth-order valence-electron chi connectivity index (χ4n) is 2.89. The Morgan fingerprint density at radius 3 is 2.91 bits per heavy atom. The Hall–Kier alpha value is -1.24. The van der Waals surface area contributed by atoms with Gasteiger partial charge in [-0.25, -0.2) is 0 Å². The fraction of sp³-hybridized carbons (Fsp3) is 0.500. The lowest BCUT2D eigenvalue weighted by molar-refractivity contribution is 0.159. The summed E-state index contributed by atoms with van der Waals surface area (Å²) in [4.78, 5) is 6.91. The highest BCUT2D eigenvalue weighted by Crippen LogP contribution is 2.22. The molecule has 3 rings (SSSR count). The third kappa shape index (κ3) is 3.94. The van der Waals surface area contributed by atoms with Gasteiger partial charge in [0.05, 0.1) is 6.54 Å². The number of hydrogen-bond donors (Lipinski definition) is 1. The summed E-state index contributed by atoms with van der Waals surface area (Å²) in [5.41, 5.74) is 0.970. The van der Waals surface area contributed by atoms with E-state index in [4.69, 9.17) is 4.52 Å². The van der Waals surface area contributed by atoms with E-state index in [1.165, 1.54) is 12.8 Å². The van der Waals surface area contributed by atoms with Crippen LogP contribution in [0.2, 0.25) is 0 Å². The highest BCUT2D eigenvalue weighted by molar-refractivity contribution is 9.10. The van der Waals surface area contributed by atoms with Gasteiger partial charge in [0, 0.05) is 10.0 Å². The molecule has 5 nitrogen and oxygen atoms in total. The Morgan fingerprint density at radius 2 is 2.18 bits per heavy atom. The van der Waals surface area contributed by atoms with Crippen molar-refractivity contribution in [1.82, 2.24) is 20.4 Å². The van der Waals surface area contributed by atoms with Gasteiger partial charge in [0.15, 0.2) is 0 Å². The highest BCUT2D eigenvalue weighted by atomic mass is 79.9. The maximum absolute atomic E-state index is 5.41. The maximum atomic E-state index is 5.41. The summed E-state index contributed by atoms with van der Waals surface area (Å²) in [6.07, 6.45) is 2.46. The van der Waals surface area contributed by atoms with E-state index in [-0.39, 0.29) is 0 Å². The zero-order chi connectivity index (χ0) is 15.4. The molecule has 1 aliphatic heterocycles. The fourth-order valence-corrected chi connectivity index (χ4v) is 3.29. The standard InChI is InChI=1S/C16H21BrN4O/c1-18-10-12-5-7-21(8-6-12)11-15-19-16(20-22-15)13-3-2-4-14(17)9-13/h2-4,9,12,18H,5-8,10-11H2,1H3. The Kier molecular flexibility index (Phi) is 5.23. The molecule has 118 valence electrons. The number of hydrogen-bond acceptors (Lipinski definition) is 5. The van der Waals surface area contributed by atoms with Gasteiger partial charge in [0.25, 0.3) is 0 Å². The molecule has 0 unspecified atom stereocenters. The van der Waals surface area contributed by atoms with Gasteiger partial charge in [-0.2, -0.15) is 4.98 Å². The predicted octanol–water partition coefficient (Wildman–Crippen LogP) is 2.93. The third-order valence-corrected chi connectivity index (χ3v) is 4.60. The number of nitrogens with zero attached hydrogens (tertiary/aromatic N) is 3. The second kappa shape index (κ2) is 7.35. The molecule has 0 amide bonds. The molecule has 0 spiro atoms. The van der Waals surface area contributed by atoms with Crippen molar-refractivity contribution >= 4 is 15.9 Å². The van der Waals surface area contributed by atoms with Crippen molar-refractivity contribution in [3.8, 4) is 11.4 Å². The highest BCUT2D eigenvalue weighted by Gasteiger charge is 2.20. The van der Waals surface area contributed by atoms with E-state index in [1.807, 2.05) is 31.3 Å². The van der Waals surface area contributed by atoms with Crippen LogP contribution in [0.25, 0.3) is 11.4 Å². The SMILES string of the molecule is CNCC1CCN(Cc2nc(-c3cccc(Br)c3)no2)CC1. The molecule has 0 saturated carbocycles. The van der Waals surface area contributed by atoms with E-state index in [2.05, 4.69) is 36.3 Å². The minimum Gasteiger partial charge on any atom is -0.338 e. The van der Waals surface area contributed by atoms with E-state index in [0.717, 1.165) is 42.1 Å². The van der Waals surface area contributed by atoms with E-state index in [1.54, 1.807) is 0 Å². The lowest BCUT2D eigenvalue weighted by Crippen LogP contribution is -2.36. The average molecular weight is 365 g/mol. The molecule has 2 aromatic rings. The normalized spacial score (nSPS) is 17.0. The summed E-state index contributed by atoms with van der Waals surface area (Å²) in [6, 6.07) is 7.95. The Morgan fingerprint density at radius 1 is 1.36 bits per heavy atom. The van der Waals surface area contributed by atoms with Gasteiger partial charge in [-0.15, -0.1) is 0 Å². The number of halogens is 1. The monoisotopic (exact) mass is 364 g/mol. The van der Waals surface area contributed by atoms with Crippen LogP contribution >= 0.6 is 15.9 Å². The number of piperidine rings is 1. The van der Waals surface area contributed by atoms with Gasteiger partial charge in [-0.05, 0) is 57.6 Å². The van der Waals surface area contributed by atoms with Crippen molar-refractivity contribution < 1.29 is 4.52 Å². The third-order valence-electron chi connectivity index (χ3n) is 4.11. The van der Waals surface area contributed by atoms with Gasteiger partial charge < -0.3 is 9.84 Å². The molecule has 1 N–H and O–H groups in total. The average Bonchev–Trinajstić information content (AvgIpc) is 2.98. The molecule has 0 atom stereocenters. The molecule has 0 bridgehead atoms. The van der Waals surface area contributed by atoms with Crippen LogP contribution < -0.4 is 5.32 Å². The van der Waals surface area contributed by atoms with Crippen LogP contribution in [-0.4, -0.2) is 41.7 Å². The number of rotatable bonds is 5. The smallest absolute Gasteiger partial charge is 0.241 e. The molecular weight excluding hydrogens is 344 g/mol. The van der Waals surface area contributed by atoms with E-state index in [9.17, 15) is 0 Å². The van der Waals surface area contributed by atoms with Gasteiger partial charge in [0.2, 0.25) is 11.7 Å². The zero-order valence-electron chi connectivity index (χ0n) is 12.8. The van der Waals surface area contributed by atoms with Crippen LogP contribution in [0.5, 0.6) is 0 Å². The summed E-state index contributed by atoms with van der Waals surface area (Å²) in [6.45, 7) is 4.05. The molecule has 1 aromatic carbocycles. The van der Waals surface area contributed by atoms with E-state index < -0.39 is 0 Å². The zero-order valence-corrected chi connectivity index (χ0v) is 14.3. The van der Waals surface area contributed by atoms with E-state index in [0.29, 0.717) is 11.7 Å². The topological polar surface area (TPSA) is 54.2 Å². The van der Waals surface area contributed by atoms with Crippen LogP contribution in [0.15, 0.2) is 33.3 Å². The van der Waals surface area contributed by atoms with Crippen LogP contribution in [0, 0.1) is 5.92 Å². The maximum Gasteiger partial charge on any atom is 0.241 e. The molecule has 1 fully saturated rings. The second-order valence-corrected chi connectivity index (χ2v) is 6.71. The number of nitrogens with one attached hydrogen (secondary N) is 1. The molecule has 6 heteroatoms. The minimum atomic E-state index is 0.654. The molecule has 0 aliphatic carbocycles. The van der Waals surface area contributed by atoms with Crippen LogP contribution in [0.1, 0.15) is 18.7 Å². The van der Waals surface area contributed by atoms with Crippen molar-refractivity contribution in [2.45, 2.75) is 19.4 Å². The first-order valence-electron chi connectivity index (χ1n) is 7.70. The van der Waals surface area contributed by atoms with Gasteiger partial charge in [-0.3, -0.25) is 4.90 Å². The summed E-state index contributed by atoms with van der Waals surface area (Å²) in [5, 5.41) is 7.36. The Labute approximate surface area is 139 Å². The molecule has 0 radical (unpaired) electrons. The first-order chi connectivity index (χ1) is 10.7. The van der Waals surface area contributed by atoms with Crippen LogP contribution in [-0.2, 0) is 6.54 Å². The first-order valence-corrected chi connectivity index (χ1v) is 8.49. The lowest BCUT2D eigenvalue weighted by atomic mass is 9.97. The minimum absolute atomic E-state index is 0.654. The van der Waals surface area contributed by atoms with Crippen LogP contribution in [0.4, 0.5) is 0 Å². The number of likely N-dealkylation sites (tertiary alicyclic amines) is 1. The summed E-state index contributed by atoms with van der Waals surface area (Å²) in [7, 11) is 2.02. The molecule has 1 saturated heterocycles. The van der Waals surface area contributed by atoms with Gasteiger partial charge in [-0.1, -0.05) is 33.2 Å². The van der Waals surface area contributed by atoms with Gasteiger partial charge in [0.1, 0.15) is 0 Å². The molecule has 2 heterocycles. The van der Waals surface area contributed by atoms with E-state index >= 15 is 0 Å². The lowest BCUT2D eigenvalue weighted by Gasteiger charge is -2.30.